The lowest BCUT2D eigenvalue weighted by molar-refractivity contribution is 0.456. The maximum absolute atomic E-state index is 13.0. The summed E-state index contributed by atoms with van der Waals surface area (Å²) in [4.78, 5) is 7.32. The predicted octanol–water partition coefficient (Wildman–Crippen LogP) is 3.01. The molecule has 1 aliphatic heterocycles. The molecule has 0 bridgehead atoms. The van der Waals surface area contributed by atoms with Gasteiger partial charge in [-0.25, -0.2) is 9.37 Å². The van der Waals surface area contributed by atoms with Gasteiger partial charge in [-0.2, -0.15) is 0 Å². The quantitative estimate of drug-likeness (QED) is 0.848. The highest BCUT2D eigenvalue weighted by molar-refractivity contribution is 5.85. The first kappa shape index (κ1) is 15.2. The van der Waals surface area contributed by atoms with Crippen molar-refractivity contribution in [3.05, 3.63) is 29.8 Å². The number of hydrogen-bond acceptors (Lipinski definition) is 2. The number of aromatic amines is 1. The average molecular weight is 292 g/mol. The molecule has 0 spiro atoms. The van der Waals surface area contributed by atoms with Crippen LogP contribution in [0.25, 0.3) is 11.0 Å². The van der Waals surface area contributed by atoms with Crippen LogP contribution in [0.2, 0.25) is 0 Å². The molecule has 1 saturated heterocycles. The van der Waals surface area contributed by atoms with Gasteiger partial charge >= 0.3 is 0 Å². The SMILES string of the molecule is Cl.Cl.Fc1cnc2[nH]c(C3CCCNC3)cc2c1. The summed E-state index contributed by atoms with van der Waals surface area (Å²) in [5.41, 5.74) is 1.95. The zero-order valence-corrected chi connectivity index (χ0v) is 11.4. The number of halogens is 3. The molecule has 0 amide bonds. The van der Waals surface area contributed by atoms with Crippen LogP contribution in [0, 0.1) is 5.82 Å². The van der Waals surface area contributed by atoms with Crippen molar-refractivity contribution in [2.75, 3.05) is 13.1 Å². The van der Waals surface area contributed by atoms with Crippen LogP contribution in [-0.4, -0.2) is 23.1 Å². The second-order valence-electron chi connectivity index (χ2n) is 4.36. The van der Waals surface area contributed by atoms with E-state index >= 15 is 0 Å². The van der Waals surface area contributed by atoms with Crippen molar-refractivity contribution in [1.82, 2.24) is 15.3 Å². The van der Waals surface area contributed by atoms with Gasteiger partial charge in [0.25, 0.3) is 0 Å². The molecule has 2 aromatic rings. The molecule has 0 aromatic carbocycles. The molecule has 3 heterocycles. The van der Waals surface area contributed by atoms with E-state index in [2.05, 4.69) is 15.3 Å². The summed E-state index contributed by atoms with van der Waals surface area (Å²) in [6.07, 6.45) is 3.63. The molecular formula is C12H16Cl2FN3. The van der Waals surface area contributed by atoms with Crippen molar-refractivity contribution in [2.45, 2.75) is 18.8 Å². The number of aromatic nitrogens is 2. The van der Waals surface area contributed by atoms with Crippen molar-refractivity contribution in [3.8, 4) is 0 Å². The van der Waals surface area contributed by atoms with Gasteiger partial charge in [0.15, 0.2) is 0 Å². The highest BCUT2D eigenvalue weighted by Gasteiger charge is 2.17. The number of fused-ring (bicyclic) bond motifs is 1. The van der Waals surface area contributed by atoms with Crippen LogP contribution in [0.4, 0.5) is 4.39 Å². The summed E-state index contributed by atoms with van der Waals surface area (Å²) in [5, 5.41) is 4.24. The number of rotatable bonds is 1. The second kappa shape index (κ2) is 6.36. The Balaban J connectivity index is 0.000000810. The summed E-state index contributed by atoms with van der Waals surface area (Å²) in [5.74, 6) is 0.228. The average Bonchev–Trinajstić information content (AvgIpc) is 2.73. The van der Waals surface area contributed by atoms with Gasteiger partial charge in [-0.15, -0.1) is 24.8 Å². The molecule has 0 radical (unpaired) electrons. The van der Waals surface area contributed by atoms with Gasteiger partial charge in [0.2, 0.25) is 0 Å². The Bertz CT molecular complexity index is 509. The fraction of sp³-hybridized carbons (Fsp3) is 0.417. The molecule has 6 heteroatoms. The molecular weight excluding hydrogens is 276 g/mol. The van der Waals surface area contributed by atoms with Gasteiger partial charge in [0, 0.05) is 23.5 Å². The van der Waals surface area contributed by atoms with E-state index in [1.54, 1.807) is 0 Å². The first-order valence-electron chi connectivity index (χ1n) is 5.68. The van der Waals surface area contributed by atoms with Gasteiger partial charge in [-0.3, -0.25) is 0 Å². The fourth-order valence-electron chi connectivity index (χ4n) is 2.35. The van der Waals surface area contributed by atoms with E-state index in [0.29, 0.717) is 5.92 Å². The Kier molecular flexibility index (Phi) is 5.38. The first-order chi connectivity index (χ1) is 7.83. The first-order valence-corrected chi connectivity index (χ1v) is 5.68. The molecule has 2 aromatic heterocycles. The molecule has 1 fully saturated rings. The lowest BCUT2D eigenvalue weighted by Gasteiger charge is -2.21. The maximum atomic E-state index is 13.0. The Hall–Kier alpha value is -0.840. The standard InChI is InChI=1S/C12H14FN3.2ClH/c13-10-4-9-5-11(16-12(9)15-7-10)8-2-1-3-14-6-8;;/h4-5,7-8,14H,1-3,6H2,(H,15,16);2*1H. The second-order valence-corrected chi connectivity index (χ2v) is 4.36. The monoisotopic (exact) mass is 291 g/mol. The minimum atomic E-state index is -0.278. The Labute approximate surface area is 117 Å². The lowest BCUT2D eigenvalue weighted by atomic mass is 9.96. The van der Waals surface area contributed by atoms with Crippen LogP contribution in [0.1, 0.15) is 24.5 Å². The van der Waals surface area contributed by atoms with E-state index in [-0.39, 0.29) is 30.6 Å². The third-order valence-corrected chi connectivity index (χ3v) is 3.19. The van der Waals surface area contributed by atoms with E-state index in [1.165, 1.54) is 30.8 Å². The van der Waals surface area contributed by atoms with Crippen LogP contribution >= 0.6 is 24.8 Å². The van der Waals surface area contributed by atoms with E-state index in [4.69, 9.17) is 0 Å². The van der Waals surface area contributed by atoms with Gasteiger partial charge < -0.3 is 10.3 Å². The minimum absolute atomic E-state index is 0. The van der Waals surface area contributed by atoms with Crippen molar-refractivity contribution in [1.29, 1.82) is 0 Å². The normalized spacial score (nSPS) is 19.1. The summed E-state index contributed by atoms with van der Waals surface area (Å²) >= 11 is 0. The lowest BCUT2D eigenvalue weighted by Crippen LogP contribution is -2.28. The number of nitrogens with one attached hydrogen (secondary N) is 2. The topological polar surface area (TPSA) is 40.7 Å². The molecule has 100 valence electrons. The Morgan fingerprint density at radius 3 is 2.83 bits per heavy atom. The van der Waals surface area contributed by atoms with Gasteiger partial charge in [-0.1, -0.05) is 0 Å². The van der Waals surface area contributed by atoms with Crippen LogP contribution in [0.5, 0.6) is 0 Å². The summed E-state index contributed by atoms with van der Waals surface area (Å²) in [6.45, 7) is 2.10. The van der Waals surface area contributed by atoms with Crippen LogP contribution in [0.15, 0.2) is 18.3 Å². The minimum Gasteiger partial charge on any atom is -0.343 e. The van der Waals surface area contributed by atoms with Gasteiger partial charge in [0.05, 0.1) is 6.20 Å². The van der Waals surface area contributed by atoms with Crippen LogP contribution in [-0.2, 0) is 0 Å². The van der Waals surface area contributed by atoms with Crippen molar-refractivity contribution in [3.63, 3.8) is 0 Å². The van der Waals surface area contributed by atoms with Crippen LogP contribution < -0.4 is 5.32 Å². The highest BCUT2D eigenvalue weighted by atomic mass is 35.5. The fourth-order valence-corrected chi connectivity index (χ4v) is 2.35. The van der Waals surface area contributed by atoms with Crippen LogP contribution in [0.3, 0.4) is 0 Å². The molecule has 1 atom stereocenters. The maximum Gasteiger partial charge on any atom is 0.142 e. The van der Waals surface area contributed by atoms with E-state index in [1.807, 2.05) is 6.07 Å². The Morgan fingerprint density at radius 1 is 1.28 bits per heavy atom. The third kappa shape index (κ3) is 2.94. The van der Waals surface area contributed by atoms with Gasteiger partial charge in [-0.05, 0) is 31.5 Å². The molecule has 18 heavy (non-hydrogen) atoms. The summed E-state index contributed by atoms with van der Waals surface area (Å²) < 4.78 is 13.0. The zero-order valence-electron chi connectivity index (χ0n) is 9.78. The summed E-state index contributed by atoms with van der Waals surface area (Å²) in [6, 6.07) is 3.54. The third-order valence-electron chi connectivity index (χ3n) is 3.19. The number of H-pyrrole nitrogens is 1. The number of hydrogen-bond donors (Lipinski definition) is 2. The highest BCUT2D eigenvalue weighted by Crippen LogP contribution is 2.25. The molecule has 1 unspecified atom stereocenters. The molecule has 0 aliphatic carbocycles. The number of pyridine rings is 1. The molecule has 3 rings (SSSR count). The van der Waals surface area contributed by atoms with Crippen molar-refractivity contribution >= 4 is 35.8 Å². The summed E-state index contributed by atoms with van der Waals surface area (Å²) in [7, 11) is 0. The van der Waals surface area contributed by atoms with Crippen molar-refractivity contribution < 1.29 is 4.39 Å². The van der Waals surface area contributed by atoms with Gasteiger partial charge in [0.1, 0.15) is 11.5 Å². The predicted molar refractivity (Wildman–Crippen MR) is 75.4 cm³/mol. The zero-order chi connectivity index (χ0) is 11.0. The smallest absolute Gasteiger partial charge is 0.142 e. The number of nitrogens with zero attached hydrogens (tertiary/aromatic N) is 1. The molecule has 2 N–H and O–H groups in total. The number of piperidine rings is 1. The van der Waals surface area contributed by atoms with Crippen molar-refractivity contribution in [2.24, 2.45) is 0 Å². The Morgan fingerprint density at radius 2 is 2.11 bits per heavy atom. The van der Waals surface area contributed by atoms with E-state index in [0.717, 1.165) is 24.1 Å². The van der Waals surface area contributed by atoms with E-state index in [9.17, 15) is 4.39 Å². The largest absolute Gasteiger partial charge is 0.343 e. The molecule has 1 aliphatic rings. The molecule has 3 nitrogen and oxygen atoms in total. The van der Waals surface area contributed by atoms with E-state index < -0.39 is 0 Å². The molecule has 0 saturated carbocycles.